The van der Waals surface area contributed by atoms with Gasteiger partial charge in [0.1, 0.15) is 16.5 Å². The fourth-order valence-corrected chi connectivity index (χ4v) is 6.60. The number of nitrogens with zero attached hydrogens (tertiary/aromatic N) is 4. The zero-order chi connectivity index (χ0) is 26.4. The summed E-state index contributed by atoms with van der Waals surface area (Å²) in [5, 5.41) is 17.9. The highest BCUT2D eigenvalue weighted by Crippen LogP contribution is 2.55. The van der Waals surface area contributed by atoms with Crippen molar-refractivity contribution < 1.29 is 4.74 Å². The van der Waals surface area contributed by atoms with E-state index in [1.807, 2.05) is 53.2 Å². The summed E-state index contributed by atoms with van der Waals surface area (Å²) in [7, 11) is 1.68. The molecule has 1 saturated carbocycles. The predicted molar refractivity (Wildman–Crippen MR) is 155 cm³/mol. The standard InChI is InChI=1S/C29H23Cl3N4OS/c1-3-22-25(27-33-34-28(38-27)29(14-15-29)18-6-11-21(37-2)12-7-18)35-36(24-13-10-20(31)16-23(24)32)26(22)17-4-8-19(30)9-5-17/h4-13,16H,3,14-15H2,1-2H3. The van der Waals surface area contributed by atoms with Gasteiger partial charge in [0.15, 0.2) is 5.01 Å². The molecular weight excluding hydrogens is 559 g/mol. The SMILES string of the molecule is CCc1c(-c2nnc(C3(c4ccc(OC)cc4)CC3)s2)nn(-c2ccc(Cl)cc2Cl)c1-c1ccc(Cl)cc1. The first-order valence-corrected chi connectivity index (χ1v) is 14.2. The molecule has 0 aliphatic heterocycles. The molecule has 0 bridgehead atoms. The van der Waals surface area contributed by atoms with Gasteiger partial charge in [-0.3, -0.25) is 0 Å². The van der Waals surface area contributed by atoms with Gasteiger partial charge < -0.3 is 4.74 Å². The lowest BCUT2D eigenvalue weighted by Crippen LogP contribution is -2.08. The summed E-state index contributed by atoms with van der Waals surface area (Å²) in [5.41, 5.74) is 5.66. The number of rotatable bonds is 7. The molecule has 5 aromatic rings. The van der Waals surface area contributed by atoms with Gasteiger partial charge in [0.2, 0.25) is 0 Å². The Morgan fingerprint density at radius 3 is 2.26 bits per heavy atom. The molecule has 2 heterocycles. The molecule has 2 aromatic heterocycles. The number of hydrogen-bond donors (Lipinski definition) is 0. The molecule has 0 spiro atoms. The normalized spacial score (nSPS) is 14.0. The Balaban J connectivity index is 1.49. The minimum atomic E-state index is -0.102. The zero-order valence-corrected chi connectivity index (χ0v) is 23.8. The number of aromatic nitrogens is 4. The largest absolute Gasteiger partial charge is 0.497 e. The van der Waals surface area contributed by atoms with Crippen molar-refractivity contribution in [3.8, 4) is 33.4 Å². The summed E-state index contributed by atoms with van der Waals surface area (Å²) >= 11 is 20.7. The Morgan fingerprint density at radius 2 is 1.63 bits per heavy atom. The van der Waals surface area contributed by atoms with Gasteiger partial charge in [-0.2, -0.15) is 5.10 Å². The molecule has 5 nitrogen and oxygen atoms in total. The van der Waals surface area contributed by atoms with Crippen molar-refractivity contribution >= 4 is 46.1 Å². The van der Waals surface area contributed by atoms with E-state index in [9.17, 15) is 0 Å². The van der Waals surface area contributed by atoms with E-state index < -0.39 is 0 Å². The van der Waals surface area contributed by atoms with Crippen LogP contribution < -0.4 is 4.74 Å². The maximum atomic E-state index is 6.66. The van der Waals surface area contributed by atoms with Crippen LogP contribution in [0, 0.1) is 0 Å². The number of hydrogen-bond acceptors (Lipinski definition) is 5. The summed E-state index contributed by atoms with van der Waals surface area (Å²) in [6.45, 7) is 2.12. The number of ether oxygens (including phenoxy) is 1. The molecule has 0 atom stereocenters. The van der Waals surface area contributed by atoms with Crippen molar-refractivity contribution in [2.24, 2.45) is 0 Å². The van der Waals surface area contributed by atoms with Gasteiger partial charge in [-0.15, -0.1) is 10.2 Å². The quantitative estimate of drug-likeness (QED) is 0.193. The summed E-state index contributed by atoms with van der Waals surface area (Å²) in [6, 6.07) is 21.4. The molecule has 192 valence electrons. The minimum Gasteiger partial charge on any atom is -0.497 e. The maximum Gasteiger partial charge on any atom is 0.168 e. The van der Waals surface area contributed by atoms with Gasteiger partial charge in [-0.05, 0) is 67.3 Å². The van der Waals surface area contributed by atoms with Crippen LogP contribution in [-0.4, -0.2) is 27.1 Å². The van der Waals surface area contributed by atoms with E-state index in [1.165, 1.54) is 5.56 Å². The molecule has 0 amide bonds. The summed E-state index contributed by atoms with van der Waals surface area (Å²) in [5.74, 6) is 0.844. The topological polar surface area (TPSA) is 52.8 Å². The lowest BCUT2D eigenvalue weighted by Gasteiger charge is -2.12. The Morgan fingerprint density at radius 1 is 0.921 bits per heavy atom. The Hall–Kier alpha value is -2.90. The van der Waals surface area contributed by atoms with Crippen LogP contribution in [0.3, 0.4) is 0 Å². The van der Waals surface area contributed by atoms with Crippen LogP contribution in [0.15, 0.2) is 66.7 Å². The number of benzene rings is 3. The van der Waals surface area contributed by atoms with E-state index in [4.69, 9.17) is 44.6 Å². The molecule has 9 heteroatoms. The van der Waals surface area contributed by atoms with Crippen LogP contribution in [-0.2, 0) is 11.8 Å². The molecule has 0 saturated heterocycles. The summed E-state index contributed by atoms with van der Waals surface area (Å²) in [4.78, 5) is 0. The highest BCUT2D eigenvalue weighted by molar-refractivity contribution is 7.14. The van der Waals surface area contributed by atoms with E-state index in [-0.39, 0.29) is 5.41 Å². The number of methoxy groups -OCH3 is 1. The third-order valence-corrected chi connectivity index (χ3v) is 8.95. The average Bonchev–Trinajstić information content (AvgIpc) is 3.42. The zero-order valence-electron chi connectivity index (χ0n) is 20.7. The molecule has 1 aliphatic rings. The van der Waals surface area contributed by atoms with Crippen molar-refractivity contribution in [1.82, 2.24) is 20.0 Å². The van der Waals surface area contributed by atoms with Crippen LogP contribution in [0.25, 0.3) is 27.6 Å². The highest BCUT2D eigenvalue weighted by atomic mass is 35.5. The monoisotopic (exact) mass is 580 g/mol. The van der Waals surface area contributed by atoms with Crippen LogP contribution >= 0.6 is 46.1 Å². The van der Waals surface area contributed by atoms with Gasteiger partial charge in [-0.1, -0.05) is 77.3 Å². The predicted octanol–water partition coefficient (Wildman–Crippen LogP) is 8.67. The van der Waals surface area contributed by atoms with Gasteiger partial charge >= 0.3 is 0 Å². The van der Waals surface area contributed by atoms with Gasteiger partial charge in [-0.25, -0.2) is 4.68 Å². The van der Waals surface area contributed by atoms with Crippen molar-refractivity contribution in [1.29, 1.82) is 0 Å². The second kappa shape index (κ2) is 10.0. The number of halogens is 3. The van der Waals surface area contributed by atoms with Crippen molar-refractivity contribution in [2.75, 3.05) is 7.11 Å². The second-order valence-electron chi connectivity index (χ2n) is 9.27. The van der Waals surface area contributed by atoms with E-state index in [0.29, 0.717) is 15.1 Å². The van der Waals surface area contributed by atoms with Gasteiger partial charge in [0, 0.05) is 26.6 Å². The van der Waals surface area contributed by atoms with Crippen molar-refractivity contribution in [3.05, 3.63) is 97.9 Å². The van der Waals surface area contributed by atoms with Crippen LogP contribution in [0.4, 0.5) is 0 Å². The molecule has 1 aliphatic carbocycles. The lowest BCUT2D eigenvalue weighted by atomic mass is 9.97. The third kappa shape index (κ3) is 4.39. The second-order valence-corrected chi connectivity index (χ2v) is 11.5. The first kappa shape index (κ1) is 25.4. The van der Waals surface area contributed by atoms with Crippen molar-refractivity contribution in [3.63, 3.8) is 0 Å². The fraction of sp³-hybridized carbons (Fsp3) is 0.207. The molecular formula is C29H23Cl3N4OS. The maximum absolute atomic E-state index is 6.66. The molecule has 6 rings (SSSR count). The molecule has 0 N–H and O–H groups in total. The third-order valence-electron chi connectivity index (χ3n) is 7.02. The van der Waals surface area contributed by atoms with E-state index in [2.05, 4.69) is 29.3 Å². The first-order chi connectivity index (χ1) is 18.4. The summed E-state index contributed by atoms with van der Waals surface area (Å²) < 4.78 is 7.23. The minimum absolute atomic E-state index is 0.102. The van der Waals surface area contributed by atoms with Crippen LogP contribution in [0.5, 0.6) is 5.75 Å². The lowest BCUT2D eigenvalue weighted by molar-refractivity contribution is 0.414. The van der Waals surface area contributed by atoms with E-state index in [1.54, 1.807) is 24.5 Å². The molecule has 38 heavy (non-hydrogen) atoms. The van der Waals surface area contributed by atoms with Gasteiger partial charge in [0.05, 0.1) is 23.5 Å². The Kier molecular flexibility index (Phi) is 6.68. The van der Waals surface area contributed by atoms with E-state index >= 15 is 0 Å². The fourth-order valence-electron chi connectivity index (χ4n) is 4.86. The Bertz CT molecular complexity index is 1620. The Labute approximate surface area is 240 Å². The molecule has 3 aromatic carbocycles. The van der Waals surface area contributed by atoms with Crippen LogP contribution in [0.1, 0.15) is 35.9 Å². The van der Waals surface area contributed by atoms with E-state index in [0.717, 1.165) is 63.2 Å². The first-order valence-electron chi connectivity index (χ1n) is 12.3. The smallest absolute Gasteiger partial charge is 0.168 e. The summed E-state index contributed by atoms with van der Waals surface area (Å²) in [6.07, 6.45) is 2.83. The highest BCUT2D eigenvalue weighted by Gasteiger charge is 2.49. The van der Waals surface area contributed by atoms with Crippen LogP contribution in [0.2, 0.25) is 15.1 Å². The molecule has 1 fully saturated rings. The van der Waals surface area contributed by atoms with Crippen molar-refractivity contribution in [2.45, 2.75) is 31.6 Å². The van der Waals surface area contributed by atoms with Gasteiger partial charge in [0.25, 0.3) is 0 Å². The molecule has 0 radical (unpaired) electrons. The average molecular weight is 582 g/mol. The molecule has 0 unspecified atom stereocenters.